The Hall–Kier alpha value is -1.84. The van der Waals surface area contributed by atoms with Crippen molar-refractivity contribution in [3.63, 3.8) is 0 Å². The highest BCUT2D eigenvalue weighted by Crippen LogP contribution is 2.27. The summed E-state index contributed by atoms with van der Waals surface area (Å²) in [4.78, 5) is 0. The van der Waals surface area contributed by atoms with Crippen molar-refractivity contribution in [3.05, 3.63) is 65.2 Å². The maximum Gasteiger partial charge on any atom is 0.125 e. The van der Waals surface area contributed by atoms with E-state index < -0.39 is 6.10 Å². The lowest BCUT2D eigenvalue weighted by atomic mass is 10.1. The van der Waals surface area contributed by atoms with Crippen LogP contribution in [0.3, 0.4) is 0 Å². The average Bonchev–Trinajstić information content (AvgIpc) is 2.53. The molecule has 0 radical (unpaired) electrons. The van der Waals surface area contributed by atoms with Crippen molar-refractivity contribution in [2.75, 3.05) is 0 Å². The van der Waals surface area contributed by atoms with Gasteiger partial charge in [0.15, 0.2) is 0 Å². The average molecular weight is 272 g/mol. The van der Waals surface area contributed by atoms with Crippen molar-refractivity contribution in [2.24, 2.45) is 0 Å². The highest BCUT2D eigenvalue weighted by molar-refractivity contribution is 5.35. The molecule has 3 heteroatoms. The van der Waals surface area contributed by atoms with Gasteiger partial charge in [0.25, 0.3) is 0 Å². The van der Waals surface area contributed by atoms with E-state index in [1.807, 2.05) is 55.5 Å². The lowest BCUT2D eigenvalue weighted by Crippen LogP contribution is -2.02. The van der Waals surface area contributed by atoms with E-state index in [2.05, 4.69) is 0 Å². The number of ether oxygens (including phenoxy) is 1. The van der Waals surface area contributed by atoms with Crippen molar-refractivity contribution in [1.82, 2.24) is 0 Å². The summed E-state index contributed by atoms with van der Waals surface area (Å²) in [5.41, 5.74) is 2.74. The third-order valence-corrected chi connectivity index (χ3v) is 3.26. The van der Waals surface area contributed by atoms with Crippen LogP contribution in [-0.4, -0.2) is 10.2 Å². The number of hydrogen-bond donors (Lipinski definition) is 2. The monoisotopic (exact) mass is 272 g/mol. The lowest BCUT2D eigenvalue weighted by Gasteiger charge is -2.15. The van der Waals surface area contributed by atoms with Gasteiger partial charge >= 0.3 is 0 Å². The molecule has 0 aliphatic carbocycles. The summed E-state index contributed by atoms with van der Waals surface area (Å²) in [6, 6.07) is 15.2. The van der Waals surface area contributed by atoms with E-state index in [4.69, 9.17) is 9.84 Å². The quantitative estimate of drug-likeness (QED) is 0.849. The molecule has 2 N–H and O–H groups in total. The first-order chi connectivity index (χ1) is 9.74. The van der Waals surface area contributed by atoms with E-state index in [9.17, 15) is 5.11 Å². The Morgan fingerprint density at radius 1 is 1.00 bits per heavy atom. The third-order valence-electron chi connectivity index (χ3n) is 3.26. The Morgan fingerprint density at radius 2 is 1.65 bits per heavy atom. The molecule has 0 saturated carbocycles. The highest BCUT2D eigenvalue weighted by atomic mass is 16.5. The minimum Gasteiger partial charge on any atom is -0.489 e. The molecule has 0 saturated heterocycles. The zero-order valence-corrected chi connectivity index (χ0v) is 11.6. The van der Waals surface area contributed by atoms with E-state index in [-0.39, 0.29) is 6.61 Å². The molecule has 0 aliphatic heterocycles. The van der Waals surface area contributed by atoms with Crippen molar-refractivity contribution < 1.29 is 14.9 Å². The second kappa shape index (κ2) is 7.08. The van der Waals surface area contributed by atoms with E-state index in [1.165, 1.54) is 0 Å². The first-order valence-corrected chi connectivity index (χ1v) is 6.83. The second-order valence-corrected chi connectivity index (χ2v) is 4.73. The number of rotatable bonds is 6. The van der Waals surface area contributed by atoms with Crippen molar-refractivity contribution in [3.8, 4) is 5.75 Å². The predicted octanol–water partition coefficient (Wildman–Crippen LogP) is 3.20. The van der Waals surface area contributed by atoms with E-state index in [1.54, 1.807) is 0 Å². The van der Waals surface area contributed by atoms with Crippen LogP contribution in [0.25, 0.3) is 0 Å². The van der Waals surface area contributed by atoms with Crippen LogP contribution in [0.15, 0.2) is 48.5 Å². The summed E-state index contributed by atoms with van der Waals surface area (Å²) in [5, 5.41) is 19.0. The largest absolute Gasteiger partial charge is 0.489 e. The number of hydrogen-bond acceptors (Lipinski definition) is 3. The van der Waals surface area contributed by atoms with Crippen LogP contribution >= 0.6 is 0 Å². The molecule has 3 nitrogen and oxygen atoms in total. The summed E-state index contributed by atoms with van der Waals surface area (Å²) in [5.74, 6) is 0.716. The second-order valence-electron chi connectivity index (χ2n) is 4.73. The number of aliphatic hydroxyl groups excluding tert-OH is 2. The Morgan fingerprint density at radius 3 is 2.30 bits per heavy atom. The fourth-order valence-corrected chi connectivity index (χ4v) is 2.01. The molecule has 106 valence electrons. The van der Waals surface area contributed by atoms with E-state index in [0.29, 0.717) is 18.8 Å². The molecule has 0 fully saturated rings. The smallest absolute Gasteiger partial charge is 0.125 e. The van der Waals surface area contributed by atoms with E-state index in [0.717, 1.165) is 16.7 Å². The standard InChI is InChI=1S/C17H20O3/c1-2-16(19)15-5-3-4-6-17(15)20-12-14-9-7-13(11-18)8-10-14/h3-10,16,18-19H,2,11-12H2,1H3/t16-/m1/s1. The van der Waals surface area contributed by atoms with Gasteiger partial charge in [-0.2, -0.15) is 0 Å². The molecule has 0 spiro atoms. The van der Waals surface area contributed by atoms with E-state index >= 15 is 0 Å². The normalized spacial score (nSPS) is 12.2. The highest BCUT2D eigenvalue weighted by Gasteiger charge is 2.10. The molecule has 0 aliphatic rings. The topological polar surface area (TPSA) is 49.7 Å². The summed E-state index contributed by atoms with van der Waals surface area (Å²) < 4.78 is 5.80. The predicted molar refractivity (Wildman–Crippen MR) is 78.4 cm³/mol. The Kier molecular flexibility index (Phi) is 5.16. The number of para-hydroxylation sites is 1. The van der Waals surface area contributed by atoms with Gasteiger partial charge in [-0.3, -0.25) is 0 Å². The van der Waals surface area contributed by atoms with Crippen LogP contribution in [0.5, 0.6) is 5.75 Å². The molecule has 0 unspecified atom stereocenters. The molecular formula is C17H20O3. The maximum absolute atomic E-state index is 9.97. The first-order valence-electron chi connectivity index (χ1n) is 6.83. The Labute approximate surface area is 119 Å². The molecule has 1 atom stereocenters. The minimum atomic E-state index is -0.497. The van der Waals surface area contributed by atoms with Gasteiger partial charge in [0.1, 0.15) is 12.4 Å². The maximum atomic E-state index is 9.97. The molecule has 0 bridgehead atoms. The van der Waals surface area contributed by atoms with Crippen molar-refractivity contribution >= 4 is 0 Å². The third kappa shape index (κ3) is 3.59. The zero-order chi connectivity index (χ0) is 14.4. The SMILES string of the molecule is CC[C@@H](O)c1ccccc1OCc1ccc(CO)cc1. The van der Waals surface area contributed by atoms with Gasteiger partial charge in [-0.05, 0) is 23.6 Å². The Balaban J connectivity index is 2.06. The molecule has 0 heterocycles. The Bertz CT molecular complexity index is 534. The van der Waals surface area contributed by atoms with Crippen LogP contribution in [-0.2, 0) is 13.2 Å². The van der Waals surface area contributed by atoms with Gasteiger partial charge in [0.05, 0.1) is 12.7 Å². The fraction of sp³-hybridized carbons (Fsp3) is 0.294. The van der Waals surface area contributed by atoms with Crippen LogP contribution in [0.2, 0.25) is 0 Å². The summed E-state index contributed by atoms with van der Waals surface area (Å²) in [6.45, 7) is 2.43. The minimum absolute atomic E-state index is 0.0483. The van der Waals surface area contributed by atoms with Gasteiger partial charge in [-0.15, -0.1) is 0 Å². The first kappa shape index (κ1) is 14.6. The van der Waals surface area contributed by atoms with Crippen LogP contribution < -0.4 is 4.74 Å². The van der Waals surface area contributed by atoms with Gasteiger partial charge in [-0.1, -0.05) is 49.4 Å². The van der Waals surface area contributed by atoms with Gasteiger partial charge < -0.3 is 14.9 Å². The molecule has 20 heavy (non-hydrogen) atoms. The van der Waals surface area contributed by atoms with Gasteiger partial charge in [0, 0.05) is 5.56 Å². The molecule has 2 rings (SSSR count). The number of benzene rings is 2. The molecular weight excluding hydrogens is 252 g/mol. The molecule has 2 aromatic carbocycles. The van der Waals surface area contributed by atoms with Crippen LogP contribution in [0.4, 0.5) is 0 Å². The molecule has 0 amide bonds. The van der Waals surface area contributed by atoms with Crippen LogP contribution in [0.1, 0.15) is 36.1 Å². The van der Waals surface area contributed by atoms with Crippen LogP contribution in [0, 0.1) is 0 Å². The molecule has 0 aromatic heterocycles. The van der Waals surface area contributed by atoms with Crippen molar-refractivity contribution in [2.45, 2.75) is 32.7 Å². The van der Waals surface area contributed by atoms with Crippen molar-refractivity contribution in [1.29, 1.82) is 0 Å². The van der Waals surface area contributed by atoms with Gasteiger partial charge in [-0.25, -0.2) is 0 Å². The zero-order valence-electron chi connectivity index (χ0n) is 11.6. The summed E-state index contributed by atoms with van der Waals surface area (Å²) in [7, 11) is 0. The van der Waals surface area contributed by atoms with Gasteiger partial charge in [0.2, 0.25) is 0 Å². The molecule has 2 aromatic rings. The number of aliphatic hydroxyl groups is 2. The summed E-state index contributed by atoms with van der Waals surface area (Å²) >= 11 is 0. The summed E-state index contributed by atoms with van der Waals surface area (Å²) in [6.07, 6.45) is 0.161. The lowest BCUT2D eigenvalue weighted by molar-refractivity contribution is 0.166. The fourth-order valence-electron chi connectivity index (χ4n) is 2.01.